The maximum absolute atomic E-state index is 11.6. The largest absolute Gasteiger partial charge is 0.395 e. The second kappa shape index (κ2) is 5.72. The van der Waals surface area contributed by atoms with Gasteiger partial charge in [-0.15, -0.1) is 0 Å². The number of nitrogens with one attached hydrogen (secondary N) is 1. The molecule has 1 aromatic rings. The molecule has 88 valence electrons. The van der Waals surface area contributed by atoms with Crippen molar-refractivity contribution >= 4 is 23.3 Å². The number of aryl methyl sites for hydroxylation is 1. The Kier molecular flexibility index (Phi) is 4.58. The SMILES string of the molecule is Cc1cc(Cl)ccc1NC(=O)N(C)CCO. The van der Waals surface area contributed by atoms with Crippen LogP contribution < -0.4 is 5.32 Å². The van der Waals surface area contributed by atoms with E-state index in [0.29, 0.717) is 11.6 Å². The quantitative estimate of drug-likeness (QED) is 0.853. The van der Waals surface area contributed by atoms with Crippen molar-refractivity contribution in [3.05, 3.63) is 28.8 Å². The number of likely N-dealkylation sites (N-methyl/N-ethyl adjacent to an activating group) is 1. The molecule has 0 aliphatic rings. The number of nitrogens with zero attached hydrogens (tertiary/aromatic N) is 1. The van der Waals surface area contributed by atoms with Crippen LogP contribution in [0.25, 0.3) is 0 Å². The van der Waals surface area contributed by atoms with Crippen LogP contribution in [0.3, 0.4) is 0 Å². The minimum Gasteiger partial charge on any atom is -0.395 e. The molecular weight excluding hydrogens is 228 g/mol. The van der Waals surface area contributed by atoms with Crippen LogP contribution in [0.5, 0.6) is 0 Å². The van der Waals surface area contributed by atoms with E-state index in [1.807, 2.05) is 6.92 Å². The van der Waals surface area contributed by atoms with Crippen molar-refractivity contribution in [2.24, 2.45) is 0 Å². The molecule has 0 saturated carbocycles. The summed E-state index contributed by atoms with van der Waals surface area (Å²) in [6.07, 6.45) is 0. The molecule has 0 saturated heterocycles. The average Bonchev–Trinajstić information content (AvgIpc) is 2.22. The highest BCUT2D eigenvalue weighted by atomic mass is 35.5. The van der Waals surface area contributed by atoms with E-state index in [1.165, 1.54) is 4.90 Å². The molecule has 2 N–H and O–H groups in total. The van der Waals surface area contributed by atoms with E-state index in [0.717, 1.165) is 11.3 Å². The summed E-state index contributed by atoms with van der Waals surface area (Å²) in [7, 11) is 1.62. The van der Waals surface area contributed by atoms with E-state index in [-0.39, 0.29) is 12.6 Å². The third-order valence-electron chi connectivity index (χ3n) is 2.21. The zero-order valence-corrected chi connectivity index (χ0v) is 10.1. The number of aliphatic hydroxyl groups excluding tert-OH is 1. The highest BCUT2D eigenvalue weighted by Crippen LogP contribution is 2.19. The van der Waals surface area contributed by atoms with E-state index in [4.69, 9.17) is 16.7 Å². The Morgan fingerprint density at radius 2 is 2.25 bits per heavy atom. The van der Waals surface area contributed by atoms with Gasteiger partial charge in [-0.2, -0.15) is 0 Å². The van der Waals surface area contributed by atoms with Gasteiger partial charge in [-0.25, -0.2) is 4.79 Å². The lowest BCUT2D eigenvalue weighted by Gasteiger charge is -2.17. The van der Waals surface area contributed by atoms with Gasteiger partial charge in [0.05, 0.1) is 6.61 Å². The molecule has 0 spiro atoms. The van der Waals surface area contributed by atoms with E-state index < -0.39 is 0 Å². The minimum atomic E-state index is -0.250. The Bertz CT molecular complexity index is 382. The third kappa shape index (κ3) is 3.40. The van der Waals surface area contributed by atoms with E-state index >= 15 is 0 Å². The van der Waals surface area contributed by atoms with Gasteiger partial charge in [-0.3, -0.25) is 0 Å². The molecular formula is C11H15ClN2O2. The number of halogens is 1. The van der Waals surface area contributed by atoms with E-state index in [1.54, 1.807) is 25.2 Å². The van der Waals surface area contributed by atoms with Gasteiger partial charge in [0.25, 0.3) is 0 Å². The number of rotatable bonds is 3. The van der Waals surface area contributed by atoms with Crippen molar-refractivity contribution < 1.29 is 9.90 Å². The fourth-order valence-electron chi connectivity index (χ4n) is 1.23. The van der Waals surface area contributed by atoms with Crippen molar-refractivity contribution in [1.29, 1.82) is 0 Å². The monoisotopic (exact) mass is 242 g/mol. The van der Waals surface area contributed by atoms with Crippen LogP contribution in [-0.2, 0) is 0 Å². The molecule has 1 rings (SSSR count). The molecule has 5 heteroatoms. The van der Waals surface area contributed by atoms with Crippen LogP contribution >= 0.6 is 11.6 Å². The Balaban J connectivity index is 2.69. The van der Waals surface area contributed by atoms with Crippen LogP contribution in [0.1, 0.15) is 5.56 Å². The predicted molar refractivity (Wildman–Crippen MR) is 64.9 cm³/mol. The molecule has 2 amide bonds. The lowest BCUT2D eigenvalue weighted by atomic mass is 10.2. The molecule has 0 aromatic heterocycles. The molecule has 16 heavy (non-hydrogen) atoms. The molecule has 0 atom stereocenters. The molecule has 0 radical (unpaired) electrons. The van der Waals surface area contributed by atoms with Gasteiger partial charge in [0.1, 0.15) is 0 Å². The topological polar surface area (TPSA) is 52.6 Å². The van der Waals surface area contributed by atoms with Crippen LogP contribution in [0, 0.1) is 6.92 Å². The Labute approximate surface area is 99.8 Å². The number of urea groups is 1. The maximum atomic E-state index is 11.6. The van der Waals surface area contributed by atoms with Gasteiger partial charge in [0.15, 0.2) is 0 Å². The van der Waals surface area contributed by atoms with Crippen molar-refractivity contribution in [2.75, 3.05) is 25.5 Å². The molecule has 0 aliphatic carbocycles. The van der Waals surface area contributed by atoms with E-state index in [2.05, 4.69) is 5.32 Å². The summed E-state index contributed by atoms with van der Waals surface area (Å²) >= 11 is 5.81. The Hall–Kier alpha value is -1.26. The first-order chi connectivity index (χ1) is 7.54. The summed E-state index contributed by atoms with van der Waals surface area (Å²) in [5.74, 6) is 0. The summed E-state index contributed by atoms with van der Waals surface area (Å²) in [5.41, 5.74) is 1.62. The van der Waals surface area contributed by atoms with Gasteiger partial charge in [0.2, 0.25) is 0 Å². The third-order valence-corrected chi connectivity index (χ3v) is 2.45. The number of amides is 2. The van der Waals surface area contributed by atoms with Gasteiger partial charge in [-0.1, -0.05) is 11.6 Å². The molecule has 0 aliphatic heterocycles. The number of benzene rings is 1. The van der Waals surface area contributed by atoms with Crippen LogP contribution in [0.2, 0.25) is 5.02 Å². The normalized spacial score (nSPS) is 10.0. The Morgan fingerprint density at radius 1 is 1.56 bits per heavy atom. The summed E-state index contributed by atoms with van der Waals surface area (Å²) < 4.78 is 0. The minimum absolute atomic E-state index is 0.0521. The molecule has 0 fully saturated rings. The number of carbonyl (C=O) groups is 1. The highest BCUT2D eigenvalue weighted by Gasteiger charge is 2.09. The van der Waals surface area contributed by atoms with Gasteiger partial charge < -0.3 is 15.3 Å². The Morgan fingerprint density at radius 3 is 2.81 bits per heavy atom. The lowest BCUT2D eigenvalue weighted by molar-refractivity contribution is 0.202. The molecule has 4 nitrogen and oxygen atoms in total. The van der Waals surface area contributed by atoms with Gasteiger partial charge in [0, 0.05) is 24.3 Å². The maximum Gasteiger partial charge on any atom is 0.321 e. The zero-order valence-electron chi connectivity index (χ0n) is 9.33. The fourth-order valence-corrected chi connectivity index (χ4v) is 1.46. The first-order valence-electron chi connectivity index (χ1n) is 4.93. The van der Waals surface area contributed by atoms with Crippen LogP contribution in [0.4, 0.5) is 10.5 Å². The average molecular weight is 243 g/mol. The lowest BCUT2D eigenvalue weighted by Crippen LogP contribution is -2.33. The highest BCUT2D eigenvalue weighted by molar-refractivity contribution is 6.30. The van der Waals surface area contributed by atoms with Gasteiger partial charge >= 0.3 is 6.03 Å². The first-order valence-corrected chi connectivity index (χ1v) is 5.31. The molecule has 0 unspecified atom stereocenters. The predicted octanol–water partition coefficient (Wildman–Crippen LogP) is 2.10. The molecule has 0 bridgehead atoms. The van der Waals surface area contributed by atoms with E-state index in [9.17, 15) is 4.79 Å². The zero-order chi connectivity index (χ0) is 12.1. The standard InChI is InChI=1S/C11H15ClN2O2/c1-8-7-9(12)3-4-10(8)13-11(16)14(2)5-6-15/h3-4,7,15H,5-6H2,1-2H3,(H,13,16). The second-order valence-corrected chi connectivity index (χ2v) is 3.97. The number of hydrogen-bond acceptors (Lipinski definition) is 2. The number of carbonyl (C=O) groups excluding carboxylic acids is 1. The molecule has 0 heterocycles. The van der Waals surface area contributed by atoms with Crippen LogP contribution in [-0.4, -0.2) is 36.2 Å². The first kappa shape index (κ1) is 12.8. The summed E-state index contributed by atoms with van der Waals surface area (Å²) in [4.78, 5) is 13.0. The van der Waals surface area contributed by atoms with Crippen molar-refractivity contribution in [3.8, 4) is 0 Å². The second-order valence-electron chi connectivity index (χ2n) is 3.53. The van der Waals surface area contributed by atoms with Crippen molar-refractivity contribution in [2.45, 2.75) is 6.92 Å². The van der Waals surface area contributed by atoms with Gasteiger partial charge in [-0.05, 0) is 30.7 Å². The summed E-state index contributed by atoms with van der Waals surface area (Å²) in [5, 5.41) is 12.1. The molecule has 1 aromatic carbocycles. The number of aliphatic hydroxyl groups is 1. The number of hydrogen-bond donors (Lipinski definition) is 2. The fraction of sp³-hybridized carbons (Fsp3) is 0.364. The summed E-state index contributed by atoms with van der Waals surface area (Å²) in [6, 6.07) is 5.00. The van der Waals surface area contributed by atoms with Crippen molar-refractivity contribution in [3.63, 3.8) is 0 Å². The smallest absolute Gasteiger partial charge is 0.321 e. The number of anilines is 1. The van der Waals surface area contributed by atoms with Crippen molar-refractivity contribution in [1.82, 2.24) is 4.90 Å². The van der Waals surface area contributed by atoms with Crippen LogP contribution in [0.15, 0.2) is 18.2 Å². The summed E-state index contributed by atoms with van der Waals surface area (Å²) in [6.45, 7) is 2.12.